The van der Waals surface area contributed by atoms with Crippen molar-refractivity contribution in [3.05, 3.63) is 21.9 Å². The lowest BCUT2D eigenvalue weighted by Crippen LogP contribution is -2.34. The highest BCUT2D eigenvalue weighted by atomic mass is 32.1. The highest BCUT2D eigenvalue weighted by Gasteiger charge is 2.09. The molecule has 0 aliphatic heterocycles. The Morgan fingerprint density at radius 3 is 2.53 bits per heavy atom. The van der Waals surface area contributed by atoms with Gasteiger partial charge in [0.15, 0.2) is 0 Å². The van der Waals surface area contributed by atoms with E-state index in [1.165, 1.54) is 4.88 Å². The Kier molecular flexibility index (Phi) is 5.49. The maximum Gasteiger partial charge on any atom is 0.261 e. The van der Waals surface area contributed by atoms with Gasteiger partial charge in [-0.1, -0.05) is 0 Å². The number of rotatable bonds is 6. The molecule has 0 bridgehead atoms. The van der Waals surface area contributed by atoms with E-state index in [4.69, 9.17) is 4.74 Å². The summed E-state index contributed by atoms with van der Waals surface area (Å²) in [6, 6.07) is 3.93. The van der Waals surface area contributed by atoms with Crippen LogP contribution in [0.1, 0.15) is 30.5 Å². The monoisotopic (exact) mass is 263 g/mol. The van der Waals surface area contributed by atoms with Crippen molar-refractivity contribution in [1.29, 1.82) is 0 Å². The maximum atomic E-state index is 11.9. The molecule has 2 nitrogen and oxygen atoms in total. The van der Waals surface area contributed by atoms with Crippen molar-refractivity contribution in [2.45, 2.75) is 45.9 Å². The van der Waals surface area contributed by atoms with E-state index in [0.29, 0.717) is 0 Å². The molecule has 0 saturated heterocycles. The Hall–Kier alpha value is -0.520. The molecule has 1 aromatic heterocycles. The molecule has 0 spiro atoms. The molecule has 0 aliphatic carbocycles. The molecule has 1 N–H and O–H groups in total. The van der Waals surface area contributed by atoms with Gasteiger partial charge in [-0.3, -0.25) is 0 Å². The molecular weight excluding hydrogens is 244 g/mol. The van der Waals surface area contributed by atoms with Crippen molar-refractivity contribution in [2.24, 2.45) is 0 Å². The van der Waals surface area contributed by atoms with Crippen LogP contribution in [0.2, 0.25) is 0 Å². The first-order valence-corrected chi connectivity index (χ1v) is 6.37. The first kappa shape index (κ1) is 14.5. The molecule has 1 aromatic rings. The van der Waals surface area contributed by atoms with Crippen LogP contribution in [0.5, 0.6) is 0 Å². The van der Waals surface area contributed by atoms with Gasteiger partial charge in [-0.25, -0.2) is 8.78 Å². The zero-order chi connectivity index (χ0) is 12.9. The summed E-state index contributed by atoms with van der Waals surface area (Å²) in [5.74, 6) is 0. The smallest absolute Gasteiger partial charge is 0.261 e. The first-order valence-electron chi connectivity index (χ1n) is 5.55. The second-order valence-corrected chi connectivity index (χ2v) is 6.13. The summed E-state index contributed by atoms with van der Waals surface area (Å²) in [5.41, 5.74) is 0.0797. The average molecular weight is 263 g/mol. The van der Waals surface area contributed by atoms with Gasteiger partial charge in [-0.2, -0.15) is 0 Å². The van der Waals surface area contributed by atoms with Crippen LogP contribution < -0.4 is 5.32 Å². The molecule has 0 fully saturated rings. The van der Waals surface area contributed by atoms with Crippen LogP contribution >= 0.6 is 11.3 Å². The lowest BCUT2D eigenvalue weighted by atomic mass is 10.1. The summed E-state index contributed by atoms with van der Waals surface area (Å²) in [4.78, 5) is 2.17. The van der Waals surface area contributed by atoms with Crippen molar-refractivity contribution in [2.75, 3.05) is 6.61 Å². The van der Waals surface area contributed by atoms with Gasteiger partial charge in [0, 0.05) is 21.8 Å². The lowest BCUT2D eigenvalue weighted by molar-refractivity contribution is 0.0108. The zero-order valence-electron chi connectivity index (χ0n) is 10.4. The molecule has 0 saturated carbocycles. The molecule has 0 atom stereocenters. The number of halogens is 2. The summed E-state index contributed by atoms with van der Waals surface area (Å²) >= 11 is 1.59. The van der Waals surface area contributed by atoms with Crippen LogP contribution in [0.3, 0.4) is 0 Å². The highest BCUT2D eigenvalue weighted by molar-refractivity contribution is 7.11. The number of hydrogen-bond donors (Lipinski definition) is 1. The van der Waals surface area contributed by atoms with Crippen LogP contribution in [0, 0.1) is 0 Å². The summed E-state index contributed by atoms with van der Waals surface area (Å²) in [5, 5.41) is 3.38. The van der Waals surface area contributed by atoms with E-state index >= 15 is 0 Å². The fraction of sp³-hybridized carbons (Fsp3) is 0.667. The van der Waals surface area contributed by atoms with Gasteiger partial charge in [0.25, 0.3) is 6.43 Å². The Balaban J connectivity index is 2.32. The van der Waals surface area contributed by atoms with Crippen molar-refractivity contribution >= 4 is 11.3 Å². The molecule has 1 rings (SSSR count). The molecule has 0 aliphatic rings. The van der Waals surface area contributed by atoms with E-state index < -0.39 is 13.0 Å². The summed E-state index contributed by atoms with van der Waals surface area (Å²) in [6.07, 6.45) is -2.39. The molecule has 5 heteroatoms. The predicted octanol–water partition coefficient (Wildman–Crippen LogP) is 3.42. The largest absolute Gasteiger partial charge is 0.370 e. The number of ether oxygens (including phenoxy) is 1. The van der Waals surface area contributed by atoms with Crippen molar-refractivity contribution in [3.8, 4) is 0 Å². The molecule has 0 unspecified atom stereocenters. The number of nitrogens with one attached hydrogen (secondary N) is 1. The fourth-order valence-electron chi connectivity index (χ4n) is 1.20. The zero-order valence-corrected chi connectivity index (χ0v) is 11.2. The normalized spacial score (nSPS) is 12.4. The quantitative estimate of drug-likeness (QED) is 0.849. The third kappa shape index (κ3) is 6.71. The van der Waals surface area contributed by atoms with Gasteiger partial charge < -0.3 is 10.1 Å². The fourth-order valence-corrected chi connectivity index (χ4v) is 2.09. The molecule has 0 aromatic carbocycles. The van der Waals surface area contributed by atoms with E-state index in [1.807, 2.05) is 12.1 Å². The number of thiophene rings is 1. The number of hydrogen-bond acceptors (Lipinski definition) is 3. The minimum absolute atomic E-state index is 0.0797. The van der Waals surface area contributed by atoms with Gasteiger partial charge >= 0.3 is 0 Å². The molecular formula is C12H19F2NOS. The highest BCUT2D eigenvalue weighted by Crippen LogP contribution is 2.18. The number of alkyl halides is 2. The van der Waals surface area contributed by atoms with Crippen LogP contribution in [-0.2, 0) is 17.9 Å². The second-order valence-electron chi connectivity index (χ2n) is 4.88. The molecule has 0 amide bonds. The van der Waals surface area contributed by atoms with E-state index in [9.17, 15) is 8.78 Å². The molecule has 0 radical (unpaired) electrons. The minimum atomic E-state index is -2.39. The molecule has 17 heavy (non-hydrogen) atoms. The topological polar surface area (TPSA) is 21.3 Å². The van der Waals surface area contributed by atoms with Crippen LogP contribution in [-0.4, -0.2) is 18.6 Å². The predicted molar refractivity (Wildman–Crippen MR) is 66.6 cm³/mol. The molecule has 1 heterocycles. The second kappa shape index (κ2) is 6.42. The van der Waals surface area contributed by atoms with E-state index in [-0.39, 0.29) is 12.1 Å². The van der Waals surface area contributed by atoms with Gasteiger partial charge in [-0.15, -0.1) is 11.3 Å². The first-order chi connectivity index (χ1) is 7.87. The summed E-state index contributed by atoms with van der Waals surface area (Å²) in [7, 11) is 0. The average Bonchev–Trinajstić information content (AvgIpc) is 2.61. The Morgan fingerprint density at radius 2 is 1.94 bits per heavy atom. The lowest BCUT2D eigenvalue weighted by Gasteiger charge is -2.19. The minimum Gasteiger partial charge on any atom is -0.370 e. The van der Waals surface area contributed by atoms with Gasteiger partial charge in [0.05, 0.1) is 6.61 Å². The van der Waals surface area contributed by atoms with Crippen molar-refractivity contribution in [1.82, 2.24) is 5.32 Å². The third-order valence-corrected chi connectivity index (χ3v) is 3.06. The van der Waals surface area contributed by atoms with Crippen molar-refractivity contribution in [3.63, 3.8) is 0 Å². The maximum absolute atomic E-state index is 11.9. The van der Waals surface area contributed by atoms with Crippen molar-refractivity contribution < 1.29 is 13.5 Å². The van der Waals surface area contributed by atoms with Gasteiger partial charge in [-0.05, 0) is 32.9 Å². The van der Waals surface area contributed by atoms with Gasteiger partial charge in [0.2, 0.25) is 0 Å². The van der Waals surface area contributed by atoms with E-state index in [1.54, 1.807) is 11.3 Å². The van der Waals surface area contributed by atoms with Gasteiger partial charge in [0.1, 0.15) is 6.61 Å². The summed E-state index contributed by atoms with van der Waals surface area (Å²) < 4.78 is 28.6. The Bertz CT molecular complexity index is 333. The third-order valence-electron chi connectivity index (χ3n) is 2.00. The Labute approximate surface area is 105 Å². The van der Waals surface area contributed by atoms with Crippen LogP contribution in [0.4, 0.5) is 8.78 Å². The SMILES string of the molecule is CC(C)(C)NCc1ccc(COCC(F)F)s1. The standard InChI is InChI=1S/C12H19F2NOS/c1-12(2,3)15-6-9-4-5-10(17-9)7-16-8-11(13)14/h4-5,11,15H,6-8H2,1-3H3. The molecule has 98 valence electrons. The van der Waals surface area contributed by atoms with E-state index in [2.05, 4.69) is 26.1 Å². The Morgan fingerprint density at radius 1 is 1.29 bits per heavy atom. The van der Waals surface area contributed by atoms with Crippen LogP contribution in [0.15, 0.2) is 12.1 Å². The summed E-state index contributed by atoms with van der Waals surface area (Å²) in [6.45, 7) is 6.88. The van der Waals surface area contributed by atoms with Crippen LogP contribution in [0.25, 0.3) is 0 Å². The van der Waals surface area contributed by atoms with E-state index in [0.717, 1.165) is 11.4 Å².